The van der Waals surface area contributed by atoms with Crippen LogP contribution in [-0.2, 0) is 4.79 Å². The molecule has 0 unspecified atom stereocenters. The Morgan fingerprint density at radius 3 is 2.43 bits per heavy atom. The second-order valence-electron chi connectivity index (χ2n) is 4.95. The van der Waals surface area contributed by atoms with Crippen LogP contribution in [0.3, 0.4) is 0 Å². The highest BCUT2D eigenvalue weighted by Gasteiger charge is 2.29. The van der Waals surface area contributed by atoms with Gasteiger partial charge in [0.1, 0.15) is 0 Å². The number of carbonyl (C=O) groups is 3. The summed E-state index contributed by atoms with van der Waals surface area (Å²) < 4.78 is 0. The summed E-state index contributed by atoms with van der Waals surface area (Å²) in [5.74, 6) is -0.160. The molecule has 1 aliphatic heterocycles. The molecule has 0 radical (unpaired) electrons. The van der Waals surface area contributed by atoms with Crippen LogP contribution in [0.1, 0.15) is 15.9 Å². The third kappa shape index (κ3) is 3.27. The number of imide groups is 1. The molecule has 1 aliphatic rings. The largest absolute Gasteiger partial charge is 0.367 e. The van der Waals surface area contributed by atoms with E-state index in [1.54, 1.807) is 36.4 Å². The van der Waals surface area contributed by atoms with E-state index in [2.05, 4.69) is 5.32 Å². The van der Waals surface area contributed by atoms with Crippen LogP contribution in [-0.4, -0.2) is 34.3 Å². The standard InChI is InChI=1S/C17H14N2O3S/c20-15-10-23-17(22)19(15)11-18-14-9-5-4-8-13(14)16(21)12-6-2-1-3-7-12/h1-9,18H,10-11H2. The van der Waals surface area contributed by atoms with Gasteiger partial charge in [-0.15, -0.1) is 0 Å². The number of anilines is 1. The number of nitrogens with zero attached hydrogens (tertiary/aromatic N) is 1. The van der Waals surface area contributed by atoms with E-state index in [0.29, 0.717) is 16.8 Å². The smallest absolute Gasteiger partial charge is 0.290 e. The van der Waals surface area contributed by atoms with Gasteiger partial charge in [-0.2, -0.15) is 0 Å². The molecule has 3 rings (SSSR count). The number of thioether (sulfide) groups is 1. The molecule has 0 aliphatic carbocycles. The molecular formula is C17H14N2O3S. The molecular weight excluding hydrogens is 312 g/mol. The van der Waals surface area contributed by atoms with Gasteiger partial charge in [0.25, 0.3) is 5.24 Å². The molecule has 1 fully saturated rings. The topological polar surface area (TPSA) is 66.5 Å². The van der Waals surface area contributed by atoms with E-state index in [1.807, 2.05) is 18.2 Å². The Bertz CT molecular complexity index is 745. The van der Waals surface area contributed by atoms with Crippen molar-refractivity contribution in [2.24, 2.45) is 0 Å². The van der Waals surface area contributed by atoms with Crippen molar-refractivity contribution in [2.45, 2.75) is 0 Å². The number of benzene rings is 2. The van der Waals surface area contributed by atoms with Gasteiger partial charge < -0.3 is 5.32 Å². The fraction of sp³-hybridized carbons (Fsp3) is 0.118. The van der Waals surface area contributed by atoms with Crippen molar-refractivity contribution in [2.75, 3.05) is 17.7 Å². The SMILES string of the molecule is O=C(c1ccccc1)c1ccccc1NCN1C(=O)CSC1=O. The van der Waals surface area contributed by atoms with Gasteiger partial charge in [0.15, 0.2) is 5.78 Å². The molecule has 1 heterocycles. The van der Waals surface area contributed by atoms with Gasteiger partial charge in [0.05, 0.1) is 12.4 Å². The van der Waals surface area contributed by atoms with Gasteiger partial charge in [-0.1, -0.05) is 54.2 Å². The van der Waals surface area contributed by atoms with Crippen molar-refractivity contribution >= 4 is 34.4 Å². The summed E-state index contributed by atoms with van der Waals surface area (Å²) in [6.45, 7) is 0.0593. The van der Waals surface area contributed by atoms with Crippen molar-refractivity contribution in [1.29, 1.82) is 0 Å². The predicted molar refractivity (Wildman–Crippen MR) is 89.5 cm³/mol. The number of para-hydroxylation sites is 1. The zero-order valence-corrected chi connectivity index (χ0v) is 13.0. The number of rotatable bonds is 5. The van der Waals surface area contributed by atoms with Crippen molar-refractivity contribution in [3.8, 4) is 0 Å². The average molecular weight is 326 g/mol. The molecule has 2 aromatic rings. The van der Waals surface area contributed by atoms with E-state index in [9.17, 15) is 14.4 Å². The molecule has 2 amide bonds. The quantitative estimate of drug-likeness (QED) is 0.856. The first-order valence-corrected chi connectivity index (χ1v) is 8.05. The van der Waals surface area contributed by atoms with Crippen LogP contribution in [0.15, 0.2) is 54.6 Å². The van der Waals surface area contributed by atoms with E-state index < -0.39 is 0 Å². The first-order chi connectivity index (χ1) is 11.2. The highest BCUT2D eigenvalue weighted by Crippen LogP contribution is 2.22. The summed E-state index contributed by atoms with van der Waals surface area (Å²) in [7, 11) is 0. The molecule has 0 saturated carbocycles. The Morgan fingerprint density at radius 2 is 1.74 bits per heavy atom. The van der Waals surface area contributed by atoms with Crippen molar-refractivity contribution in [1.82, 2.24) is 4.90 Å². The third-order valence-electron chi connectivity index (χ3n) is 3.48. The van der Waals surface area contributed by atoms with Crippen LogP contribution in [0.5, 0.6) is 0 Å². The lowest BCUT2D eigenvalue weighted by atomic mass is 10.0. The Kier molecular flexibility index (Phi) is 4.43. The fourth-order valence-corrected chi connectivity index (χ4v) is 3.00. The maximum absolute atomic E-state index is 12.6. The Balaban J connectivity index is 1.80. The molecule has 116 valence electrons. The van der Waals surface area contributed by atoms with Crippen LogP contribution in [0.4, 0.5) is 10.5 Å². The summed E-state index contributed by atoms with van der Waals surface area (Å²) in [4.78, 5) is 37.0. The van der Waals surface area contributed by atoms with E-state index in [4.69, 9.17) is 0 Å². The first-order valence-electron chi connectivity index (χ1n) is 7.06. The van der Waals surface area contributed by atoms with Gasteiger partial charge in [-0.25, -0.2) is 0 Å². The van der Waals surface area contributed by atoms with E-state index in [0.717, 1.165) is 16.7 Å². The third-order valence-corrected chi connectivity index (χ3v) is 4.33. The number of hydrogen-bond acceptors (Lipinski definition) is 5. The number of amides is 2. The maximum atomic E-state index is 12.6. The molecule has 0 bridgehead atoms. The summed E-state index contributed by atoms with van der Waals surface area (Å²) in [6.07, 6.45) is 0. The summed E-state index contributed by atoms with van der Waals surface area (Å²) >= 11 is 0.987. The summed E-state index contributed by atoms with van der Waals surface area (Å²) in [6, 6.07) is 16.0. The number of hydrogen-bond donors (Lipinski definition) is 1. The van der Waals surface area contributed by atoms with E-state index >= 15 is 0 Å². The molecule has 1 N–H and O–H groups in total. The van der Waals surface area contributed by atoms with Gasteiger partial charge in [-0.3, -0.25) is 19.3 Å². The highest BCUT2D eigenvalue weighted by molar-refractivity contribution is 8.14. The van der Waals surface area contributed by atoms with Gasteiger partial charge in [0, 0.05) is 16.8 Å². The molecule has 0 aromatic heterocycles. The lowest BCUT2D eigenvalue weighted by Gasteiger charge is -2.16. The van der Waals surface area contributed by atoms with Gasteiger partial charge in [0.2, 0.25) is 5.91 Å². The van der Waals surface area contributed by atoms with Crippen molar-refractivity contribution < 1.29 is 14.4 Å². The Morgan fingerprint density at radius 1 is 1.04 bits per heavy atom. The predicted octanol–water partition coefficient (Wildman–Crippen LogP) is 2.98. The van der Waals surface area contributed by atoms with Gasteiger partial charge >= 0.3 is 0 Å². The molecule has 0 atom stereocenters. The Labute approximate surface area is 137 Å². The lowest BCUT2D eigenvalue weighted by Crippen LogP contribution is -2.33. The Hall–Kier alpha value is -2.60. The highest BCUT2D eigenvalue weighted by atomic mass is 32.2. The monoisotopic (exact) mass is 326 g/mol. The molecule has 6 heteroatoms. The van der Waals surface area contributed by atoms with Crippen LogP contribution in [0.25, 0.3) is 0 Å². The van der Waals surface area contributed by atoms with Crippen LogP contribution >= 0.6 is 11.8 Å². The minimum absolute atomic E-state index is 0.0593. The second-order valence-corrected chi connectivity index (χ2v) is 5.88. The lowest BCUT2D eigenvalue weighted by molar-refractivity contribution is -0.124. The first kappa shape index (κ1) is 15.3. The number of ketones is 1. The normalized spacial score (nSPS) is 14.2. The summed E-state index contributed by atoms with van der Waals surface area (Å²) in [5, 5.41) is 2.75. The zero-order chi connectivity index (χ0) is 16.2. The van der Waals surface area contributed by atoms with Crippen molar-refractivity contribution in [3.63, 3.8) is 0 Å². The van der Waals surface area contributed by atoms with Gasteiger partial charge in [-0.05, 0) is 12.1 Å². The number of nitrogens with one attached hydrogen (secondary N) is 1. The molecule has 2 aromatic carbocycles. The summed E-state index contributed by atoms with van der Waals surface area (Å²) in [5.41, 5.74) is 1.69. The molecule has 23 heavy (non-hydrogen) atoms. The fourth-order valence-electron chi connectivity index (χ4n) is 2.28. The molecule has 0 spiro atoms. The number of carbonyl (C=O) groups excluding carboxylic acids is 3. The van der Waals surface area contributed by atoms with E-state index in [-0.39, 0.29) is 29.4 Å². The second kappa shape index (κ2) is 6.66. The minimum Gasteiger partial charge on any atom is -0.367 e. The van der Waals surface area contributed by atoms with Crippen molar-refractivity contribution in [3.05, 3.63) is 65.7 Å². The molecule has 1 saturated heterocycles. The average Bonchev–Trinajstić information content (AvgIpc) is 2.92. The van der Waals surface area contributed by atoms with Crippen LogP contribution < -0.4 is 5.32 Å². The zero-order valence-electron chi connectivity index (χ0n) is 12.2. The maximum Gasteiger partial charge on any atom is 0.290 e. The minimum atomic E-state index is -0.269. The molecule has 5 nitrogen and oxygen atoms in total. The van der Waals surface area contributed by atoms with E-state index in [1.165, 1.54) is 0 Å². The van der Waals surface area contributed by atoms with Crippen LogP contribution in [0.2, 0.25) is 0 Å². The van der Waals surface area contributed by atoms with Crippen LogP contribution in [0, 0.1) is 0 Å².